The lowest BCUT2D eigenvalue weighted by Gasteiger charge is -2.53. The molecular formula is C48H81N4O42P. The molecule has 0 aliphatic carbocycles. The third-order valence-corrected chi connectivity index (χ3v) is 17.4. The van der Waals surface area contributed by atoms with Gasteiger partial charge in [0, 0.05) is 19.3 Å². The van der Waals surface area contributed by atoms with Gasteiger partial charge in [0.05, 0.1) is 82.1 Å². The highest BCUT2D eigenvalue weighted by Crippen LogP contribution is 2.47. The number of carboxylic acids is 4. The summed E-state index contributed by atoms with van der Waals surface area (Å²) in [5.41, 5.74) is 24.0. The van der Waals surface area contributed by atoms with Gasteiger partial charge in [0.2, 0.25) is 0 Å². The van der Waals surface area contributed by atoms with E-state index < -0.39 is 304 Å². The van der Waals surface area contributed by atoms with Crippen LogP contribution in [0, 0.1) is 0 Å². The molecule has 550 valence electrons. The fraction of sp³-hybridized carbons (Fsp3) is 0.917. The van der Waals surface area contributed by atoms with Crippen LogP contribution in [-0.2, 0) is 89.8 Å². The third kappa shape index (κ3) is 16.7. The van der Waals surface area contributed by atoms with Gasteiger partial charge in [-0.05, 0) is 0 Å². The average Bonchev–Trinajstić information content (AvgIpc) is 0.738. The molecule has 95 heavy (non-hydrogen) atoms. The zero-order chi connectivity index (χ0) is 71.0. The van der Waals surface area contributed by atoms with Crippen LogP contribution >= 0.6 is 7.82 Å². The number of hydrogen-bond acceptors (Lipinski definition) is 40. The number of ether oxygens (including phenoxy) is 13. The van der Waals surface area contributed by atoms with Gasteiger partial charge in [0.25, 0.3) is 17.4 Å². The lowest BCUT2D eigenvalue weighted by molar-refractivity contribution is -0.409. The van der Waals surface area contributed by atoms with Crippen LogP contribution < -0.4 is 22.9 Å². The van der Waals surface area contributed by atoms with E-state index in [4.69, 9.17) is 89.0 Å². The Morgan fingerprint density at radius 3 is 1.51 bits per heavy atom. The Morgan fingerprint density at radius 1 is 0.484 bits per heavy atom. The van der Waals surface area contributed by atoms with Crippen molar-refractivity contribution >= 4 is 31.7 Å². The van der Waals surface area contributed by atoms with E-state index in [1.807, 2.05) is 0 Å². The van der Waals surface area contributed by atoms with E-state index >= 15 is 0 Å². The minimum atomic E-state index is -5.81. The molecule has 35 atom stereocenters. The molecule has 7 fully saturated rings. The molecule has 7 aliphatic rings. The zero-order valence-electron chi connectivity index (χ0n) is 49.1. The molecule has 0 aromatic heterocycles. The number of phosphoric acid groups is 1. The van der Waals surface area contributed by atoms with Crippen molar-refractivity contribution in [2.24, 2.45) is 22.9 Å². The van der Waals surface area contributed by atoms with E-state index in [0.29, 0.717) is 0 Å². The first-order chi connectivity index (χ1) is 44.3. The van der Waals surface area contributed by atoms with Crippen LogP contribution in [0.2, 0.25) is 0 Å². The molecule has 7 heterocycles. The summed E-state index contributed by atoms with van der Waals surface area (Å²) in [4.78, 5) is 74.2. The molecule has 0 radical (unpaired) electrons. The molecule has 46 nitrogen and oxygen atoms in total. The average molecular weight is 1420 g/mol. The third-order valence-electron chi connectivity index (χ3n) is 16.9. The molecule has 31 N–H and O–H groups in total. The molecule has 0 aromatic carbocycles. The number of nitrogens with two attached hydrogens (primary N) is 4. The first-order valence-electron chi connectivity index (χ1n) is 28.8. The maximum atomic E-state index is 14.0. The Bertz CT molecular complexity index is 2630. The van der Waals surface area contributed by atoms with Gasteiger partial charge < -0.3 is 202 Å². The normalized spacial score (nSPS) is 47.1. The number of aliphatic hydroxyl groups is 17. The molecule has 0 bridgehead atoms. The second-order valence-corrected chi connectivity index (χ2v) is 24.6. The molecule has 0 saturated carbocycles. The Balaban J connectivity index is 1.29. The van der Waals surface area contributed by atoms with Crippen molar-refractivity contribution in [1.29, 1.82) is 0 Å². The van der Waals surface area contributed by atoms with Crippen LogP contribution in [0.3, 0.4) is 0 Å². The highest BCUT2D eigenvalue weighted by molar-refractivity contribution is 7.46. The Labute approximate surface area is 532 Å². The number of aliphatic carboxylic acids is 4. The van der Waals surface area contributed by atoms with E-state index in [2.05, 4.69) is 0 Å². The molecule has 0 amide bonds. The van der Waals surface area contributed by atoms with Crippen molar-refractivity contribution in [2.45, 2.75) is 232 Å². The van der Waals surface area contributed by atoms with Crippen molar-refractivity contribution in [3.63, 3.8) is 0 Å². The molecule has 7 aliphatic heterocycles. The van der Waals surface area contributed by atoms with Crippen molar-refractivity contribution in [3.8, 4) is 0 Å². The van der Waals surface area contributed by atoms with Gasteiger partial charge in [0.1, 0.15) is 122 Å². The van der Waals surface area contributed by atoms with Crippen LogP contribution in [0.15, 0.2) is 0 Å². The lowest BCUT2D eigenvalue weighted by atomic mass is 9.88. The van der Waals surface area contributed by atoms with E-state index in [-0.39, 0.29) is 0 Å². The fourth-order valence-corrected chi connectivity index (χ4v) is 12.2. The zero-order valence-corrected chi connectivity index (χ0v) is 50.0. The summed E-state index contributed by atoms with van der Waals surface area (Å²) in [6.45, 7) is -7.85. The summed E-state index contributed by atoms with van der Waals surface area (Å²) in [7, 11) is -5.81. The summed E-state index contributed by atoms with van der Waals surface area (Å²) < 4.78 is 90.7. The smallest absolute Gasteiger partial charge is 0.470 e. The first-order valence-corrected chi connectivity index (χ1v) is 30.3. The van der Waals surface area contributed by atoms with Crippen molar-refractivity contribution in [2.75, 3.05) is 39.6 Å². The number of carboxylic acid groups (broad SMARTS) is 4. The van der Waals surface area contributed by atoms with E-state index in [1.165, 1.54) is 0 Å². The summed E-state index contributed by atoms with van der Waals surface area (Å²) in [6.07, 6.45) is -68.3. The van der Waals surface area contributed by atoms with Crippen LogP contribution in [0.25, 0.3) is 0 Å². The van der Waals surface area contributed by atoms with Crippen molar-refractivity contribution in [1.82, 2.24) is 0 Å². The minimum Gasteiger partial charge on any atom is -0.479 e. The number of hydrogen-bond donors (Lipinski definition) is 27. The second kappa shape index (κ2) is 31.7. The van der Waals surface area contributed by atoms with Gasteiger partial charge in [-0.1, -0.05) is 0 Å². The van der Waals surface area contributed by atoms with E-state index in [0.717, 1.165) is 0 Å². The summed E-state index contributed by atoms with van der Waals surface area (Å²) in [6, 6.07) is -7.30. The monoisotopic (exact) mass is 1420 g/mol. The Kier molecular flexibility index (Phi) is 26.3. The molecule has 0 unspecified atom stereocenters. The van der Waals surface area contributed by atoms with Crippen LogP contribution in [0.1, 0.15) is 19.3 Å². The number of aliphatic hydroxyl groups excluding tert-OH is 17. The van der Waals surface area contributed by atoms with Gasteiger partial charge in [-0.3, -0.25) is 4.52 Å². The number of phosphoric ester groups is 1. The Morgan fingerprint density at radius 2 is 0.958 bits per heavy atom. The summed E-state index contributed by atoms with van der Waals surface area (Å²) in [5.74, 6) is -20.3. The van der Waals surface area contributed by atoms with E-state index in [9.17, 15) is 141 Å². The van der Waals surface area contributed by atoms with Crippen molar-refractivity contribution < 1.29 is 207 Å². The quantitative estimate of drug-likeness (QED) is 0.0340. The van der Waals surface area contributed by atoms with E-state index in [1.54, 1.807) is 0 Å². The number of carbonyl (C=O) groups is 4. The highest BCUT2D eigenvalue weighted by atomic mass is 31.2. The fourth-order valence-electron chi connectivity index (χ4n) is 11.6. The summed E-state index contributed by atoms with van der Waals surface area (Å²) in [5, 5.41) is 226. The first kappa shape index (κ1) is 79.0. The molecular weight excluding hydrogens is 1340 g/mol. The van der Waals surface area contributed by atoms with Crippen molar-refractivity contribution in [3.05, 3.63) is 0 Å². The number of rotatable bonds is 27. The molecule has 0 spiro atoms. The second-order valence-electron chi connectivity index (χ2n) is 23.4. The predicted octanol–water partition coefficient (Wildman–Crippen LogP) is -16.7. The van der Waals surface area contributed by atoms with Gasteiger partial charge in [0.15, 0.2) is 31.3 Å². The predicted molar refractivity (Wildman–Crippen MR) is 285 cm³/mol. The maximum absolute atomic E-state index is 14.0. The minimum absolute atomic E-state index is 0.914. The molecule has 0 aromatic rings. The van der Waals surface area contributed by atoms with Crippen LogP contribution in [0.5, 0.6) is 0 Å². The molecule has 7 rings (SSSR count). The van der Waals surface area contributed by atoms with Gasteiger partial charge in [-0.25, -0.2) is 23.7 Å². The molecule has 7 saturated heterocycles. The van der Waals surface area contributed by atoms with Crippen LogP contribution in [0.4, 0.5) is 0 Å². The molecule has 47 heteroatoms. The highest BCUT2D eigenvalue weighted by Gasteiger charge is 2.66. The topological polar surface area (TPSA) is 784 Å². The van der Waals surface area contributed by atoms with Gasteiger partial charge in [-0.15, -0.1) is 0 Å². The Hall–Kier alpha value is -3.37. The lowest BCUT2D eigenvalue weighted by Crippen LogP contribution is -2.71. The van der Waals surface area contributed by atoms with Crippen LogP contribution in [-0.4, -0.2) is 394 Å². The standard InChI is InChI=1S/C48H81N4O42P/c49-19-27(65)25(63)17(83-39(19)71)8-81-40-21(51)29(67)34(94-95(78,79)80)18(86-40)9-82-46(43(72)73)3-15(89-47(44(74)75)1-10(57)23(61)31(90-47)11(58)4-53)35(33(92-46)13(60)6-55)93-48(45(76)77)2-14(26(64)32(91-48)12(59)5-54)84-42-22(52)30(68)36(37(88-42)38(69)70)87-41-20(50)28(66)24(62)16(7-56)85-41/h10-37,39-42,53-68,71H,1-9,49-52H2,(H,69,70)(H,72,73)(H,74,75)(H,76,77)(H2,78,79,80)/t10-,11-,12-,13-,14-,15-,16-,17-,18-,19-,20-,21-,22-,23-,24-,25-,26-,27-,28-,29-,30-,31-,32-,33-,34-,35-,36+,37+,39+,40-,41-,42+,46-,47-,48+/m1/s1. The largest absolute Gasteiger partial charge is 0.479 e. The maximum Gasteiger partial charge on any atom is 0.470 e. The van der Waals surface area contributed by atoms with Gasteiger partial charge in [-0.2, -0.15) is 0 Å². The van der Waals surface area contributed by atoms with Gasteiger partial charge >= 0.3 is 31.7 Å². The summed E-state index contributed by atoms with van der Waals surface area (Å²) >= 11 is 0. The SMILES string of the molecule is N[C@@H]1[C@@H](O)[C@H](O)[C@@H](CO[C@@H]2O[C@H](CO[C@]3(C(=O)O)C[C@@H](O[C@]4(C(=O)O)C[C@@H](O)[C@@H](O)[C@@H]([C@H](O)CO)O4)[C@@H](O[C@]4(C(=O)O)C[C@@H](O[C@H]5O[C@H](C(=O)O)[C@@H](O[C@H]6O[C@H](CO)[C@@H](O)[C@H](O)[C@H]6N)[C@H](O)[C@H]5N)[C@@H](O)[C@@H]([C@H](O)CO)O4)[C@@H]([C@H](O)CO)O3)[C@@H](OP(=O)(O)O)[C@H](O)[C@H]2N)O[C@@H]1O.